The summed E-state index contributed by atoms with van der Waals surface area (Å²) in [5, 5.41) is 8.75. The van der Waals surface area contributed by atoms with Gasteiger partial charge in [0.05, 0.1) is 0 Å². The number of dihydropyridines is 1. The van der Waals surface area contributed by atoms with Crippen LogP contribution in [-0.2, 0) is 16.6 Å². The molecule has 38 heavy (non-hydrogen) atoms. The molecule has 1 atom stereocenters. The summed E-state index contributed by atoms with van der Waals surface area (Å²) in [4.78, 5) is 32.0. The molecular formula is C32H32N4O2. The lowest BCUT2D eigenvalue weighted by molar-refractivity contribution is -0.118. The predicted octanol–water partition coefficient (Wildman–Crippen LogP) is 6.28. The molecule has 1 aliphatic carbocycles. The number of pyridine rings is 1. The number of benzene rings is 2. The highest BCUT2D eigenvalue weighted by Gasteiger charge is 2.42. The van der Waals surface area contributed by atoms with E-state index in [9.17, 15) is 9.59 Å². The molecule has 6 heteroatoms. The van der Waals surface area contributed by atoms with Crippen molar-refractivity contribution in [3.63, 3.8) is 0 Å². The summed E-state index contributed by atoms with van der Waals surface area (Å²) >= 11 is 0. The number of carbonyl (C=O) groups excluding carboxylic acids is 2. The number of allylic oxidation sites excluding steroid dienone is 3. The quantitative estimate of drug-likeness (QED) is 0.344. The second-order valence-electron chi connectivity index (χ2n) is 11.4. The second-order valence-corrected chi connectivity index (χ2v) is 11.4. The van der Waals surface area contributed by atoms with Crippen LogP contribution in [-0.4, -0.2) is 21.2 Å². The van der Waals surface area contributed by atoms with Gasteiger partial charge >= 0.3 is 0 Å². The number of aryl methyl sites for hydroxylation is 2. The number of Topliss-reactive ketones (excluding diaryl/α,β-unsaturated/α-hetero) is 1. The lowest BCUT2D eigenvalue weighted by Gasteiger charge is -2.39. The van der Waals surface area contributed by atoms with Gasteiger partial charge < -0.3 is 15.2 Å². The Bertz CT molecular complexity index is 1720. The van der Waals surface area contributed by atoms with E-state index < -0.39 is 5.92 Å². The van der Waals surface area contributed by atoms with Gasteiger partial charge in [0.1, 0.15) is 5.82 Å². The predicted molar refractivity (Wildman–Crippen MR) is 152 cm³/mol. The van der Waals surface area contributed by atoms with Gasteiger partial charge in [-0.25, -0.2) is 4.98 Å². The van der Waals surface area contributed by atoms with Gasteiger partial charge in [0, 0.05) is 69.9 Å². The first-order valence-corrected chi connectivity index (χ1v) is 13.1. The first kappa shape index (κ1) is 24.2. The molecule has 0 bridgehead atoms. The number of nitrogens with zero attached hydrogens (tertiary/aromatic N) is 2. The van der Waals surface area contributed by atoms with E-state index in [1.165, 1.54) is 0 Å². The van der Waals surface area contributed by atoms with Crippen LogP contribution in [0.25, 0.3) is 21.8 Å². The molecule has 1 unspecified atom stereocenters. The van der Waals surface area contributed by atoms with Crippen molar-refractivity contribution < 1.29 is 9.59 Å². The first-order chi connectivity index (χ1) is 18.1. The zero-order valence-corrected chi connectivity index (χ0v) is 22.5. The highest BCUT2D eigenvalue weighted by atomic mass is 16.2. The maximum Gasteiger partial charge on any atom is 0.255 e. The standard InChI is InChI=1S/C32H32N4O2/c1-18-9-8-14-33-30(18)35-31(38)27-19(2)34-23-16-32(3,4)17-26(37)29(23)28(27)20-12-13-25-22(15-20)21-10-6-7-11-24(21)36(25)5/h6-15,28,34H,16-17H2,1-5H3,(H,33,35,38). The molecule has 0 saturated carbocycles. The Morgan fingerprint density at radius 2 is 1.79 bits per heavy atom. The largest absolute Gasteiger partial charge is 0.362 e. The molecule has 1 aliphatic heterocycles. The maximum absolute atomic E-state index is 13.9. The summed E-state index contributed by atoms with van der Waals surface area (Å²) in [6, 6.07) is 18.4. The molecule has 4 aromatic rings. The van der Waals surface area contributed by atoms with Crippen molar-refractivity contribution in [2.24, 2.45) is 12.5 Å². The number of fused-ring (bicyclic) bond motifs is 3. The molecule has 0 radical (unpaired) electrons. The molecule has 2 aromatic carbocycles. The number of amides is 1. The van der Waals surface area contributed by atoms with E-state index in [1.54, 1.807) is 6.20 Å². The van der Waals surface area contributed by atoms with Gasteiger partial charge in [-0.05, 0) is 61.1 Å². The number of aromatic nitrogens is 2. The topological polar surface area (TPSA) is 76.0 Å². The Balaban J connectivity index is 1.54. The van der Waals surface area contributed by atoms with E-state index in [0.717, 1.165) is 50.7 Å². The zero-order valence-electron chi connectivity index (χ0n) is 22.5. The van der Waals surface area contributed by atoms with Gasteiger partial charge in [-0.3, -0.25) is 9.59 Å². The van der Waals surface area contributed by atoms with Crippen molar-refractivity contribution in [3.8, 4) is 0 Å². The maximum atomic E-state index is 13.9. The lowest BCUT2D eigenvalue weighted by atomic mass is 9.68. The molecule has 2 N–H and O–H groups in total. The van der Waals surface area contributed by atoms with Crippen LogP contribution in [0.2, 0.25) is 0 Å². The van der Waals surface area contributed by atoms with E-state index >= 15 is 0 Å². The Labute approximate surface area is 222 Å². The van der Waals surface area contributed by atoms with Crippen LogP contribution in [0.3, 0.4) is 0 Å². The van der Waals surface area contributed by atoms with Gasteiger partial charge in [0.25, 0.3) is 5.91 Å². The van der Waals surface area contributed by atoms with Crippen molar-refractivity contribution >= 4 is 39.3 Å². The van der Waals surface area contributed by atoms with Crippen molar-refractivity contribution in [3.05, 3.63) is 94.5 Å². The molecule has 0 fully saturated rings. The second kappa shape index (κ2) is 8.69. The van der Waals surface area contributed by atoms with Gasteiger partial charge in [-0.15, -0.1) is 0 Å². The summed E-state index contributed by atoms with van der Waals surface area (Å²) in [5.41, 5.74) is 6.91. The van der Waals surface area contributed by atoms with Crippen LogP contribution < -0.4 is 10.6 Å². The molecule has 192 valence electrons. The third-order valence-corrected chi connectivity index (χ3v) is 8.00. The molecule has 6 nitrogen and oxygen atoms in total. The summed E-state index contributed by atoms with van der Waals surface area (Å²) in [5.74, 6) is -0.0956. The number of para-hydroxylation sites is 1. The molecule has 6 rings (SSSR count). The SMILES string of the molecule is CC1=C(C(=O)Nc2ncccc2C)C(c2ccc3c(c2)c2ccccc2n3C)C2=C(CC(C)(C)CC2=O)N1. The number of nitrogens with one attached hydrogen (secondary N) is 2. The van der Waals surface area contributed by atoms with Crippen LogP contribution in [0, 0.1) is 12.3 Å². The normalized spacial score (nSPS) is 19.1. The molecule has 2 aliphatic rings. The van der Waals surface area contributed by atoms with Crippen LogP contribution >= 0.6 is 0 Å². The van der Waals surface area contributed by atoms with E-state index in [1.807, 2.05) is 38.1 Å². The fraction of sp³-hybridized carbons (Fsp3) is 0.281. The van der Waals surface area contributed by atoms with Crippen LogP contribution in [0.15, 0.2) is 83.3 Å². The van der Waals surface area contributed by atoms with Crippen molar-refractivity contribution in [2.45, 2.75) is 46.5 Å². The lowest BCUT2D eigenvalue weighted by Crippen LogP contribution is -2.39. The van der Waals surface area contributed by atoms with Crippen molar-refractivity contribution in [1.29, 1.82) is 0 Å². The Morgan fingerprint density at radius 1 is 1.03 bits per heavy atom. The Morgan fingerprint density at radius 3 is 2.58 bits per heavy atom. The van der Waals surface area contributed by atoms with E-state index in [-0.39, 0.29) is 17.1 Å². The van der Waals surface area contributed by atoms with Crippen LogP contribution in [0.5, 0.6) is 0 Å². The molecule has 1 amide bonds. The third kappa shape index (κ3) is 3.83. The molecule has 0 spiro atoms. The number of hydrogen-bond acceptors (Lipinski definition) is 4. The molecule has 3 heterocycles. The summed E-state index contributed by atoms with van der Waals surface area (Å²) in [6.07, 6.45) is 2.88. The minimum atomic E-state index is -0.470. The average molecular weight is 505 g/mol. The number of anilines is 1. The number of carbonyl (C=O) groups is 2. The van der Waals surface area contributed by atoms with Crippen molar-refractivity contribution in [1.82, 2.24) is 14.9 Å². The highest BCUT2D eigenvalue weighted by molar-refractivity contribution is 6.11. The van der Waals surface area contributed by atoms with E-state index in [0.29, 0.717) is 23.4 Å². The molecular weight excluding hydrogens is 472 g/mol. The summed E-state index contributed by atoms with van der Waals surface area (Å²) in [6.45, 7) is 8.10. The number of ketones is 1. The van der Waals surface area contributed by atoms with Crippen molar-refractivity contribution in [2.75, 3.05) is 5.32 Å². The Kier molecular flexibility index (Phi) is 5.53. The summed E-state index contributed by atoms with van der Waals surface area (Å²) in [7, 11) is 2.07. The summed E-state index contributed by atoms with van der Waals surface area (Å²) < 4.78 is 2.19. The molecule has 2 aromatic heterocycles. The number of hydrogen-bond donors (Lipinski definition) is 2. The van der Waals surface area contributed by atoms with Crippen LogP contribution in [0.1, 0.15) is 50.7 Å². The third-order valence-electron chi connectivity index (χ3n) is 8.00. The van der Waals surface area contributed by atoms with Gasteiger partial charge in [-0.1, -0.05) is 44.2 Å². The minimum Gasteiger partial charge on any atom is -0.362 e. The molecule has 0 saturated heterocycles. The smallest absolute Gasteiger partial charge is 0.255 e. The fourth-order valence-corrected chi connectivity index (χ4v) is 6.23. The zero-order chi connectivity index (χ0) is 26.8. The number of rotatable bonds is 3. The van der Waals surface area contributed by atoms with Crippen LogP contribution in [0.4, 0.5) is 5.82 Å². The van der Waals surface area contributed by atoms with E-state index in [4.69, 9.17) is 0 Å². The average Bonchev–Trinajstić information content (AvgIpc) is 3.15. The van der Waals surface area contributed by atoms with Gasteiger partial charge in [0.2, 0.25) is 0 Å². The van der Waals surface area contributed by atoms with E-state index in [2.05, 4.69) is 71.4 Å². The monoisotopic (exact) mass is 504 g/mol. The fourth-order valence-electron chi connectivity index (χ4n) is 6.23. The Hall–Kier alpha value is -4.19. The highest BCUT2D eigenvalue weighted by Crippen LogP contribution is 2.47. The van der Waals surface area contributed by atoms with Gasteiger partial charge in [-0.2, -0.15) is 0 Å². The minimum absolute atomic E-state index is 0.0959. The van der Waals surface area contributed by atoms with Gasteiger partial charge in [0.15, 0.2) is 5.78 Å². The first-order valence-electron chi connectivity index (χ1n) is 13.1.